The molecule has 7 heteroatoms. The molecule has 0 saturated heterocycles. The Hall–Kier alpha value is -2.93. The highest BCUT2D eigenvalue weighted by molar-refractivity contribution is 5.76. The Morgan fingerprint density at radius 2 is 2.07 bits per heavy atom. The van der Waals surface area contributed by atoms with E-state index in [0.29, 0.717) is 23.5 Å². The molecule has 6 nitrogen and oxygen atoms in total. The Kier molecular flexibility index (Phi) is 5.00. The van der Waals surface area contributed by atoms with Crippen molar-refractivity contribution in [2.45, 2.75) is 44.6 Å². The third-order valence-corrected chi connectivity index (χ3v) is 5.17. The van der Waals surface area contributed by atoms with Crippen LogP contribution in [0.1, 0.15) is 43.2 Å². The first-order chi connectivity index (χ1) is 13.5. The number of fused-ring (bicyclic) bond motifs is 1. The summed E-state index contributed by atoms with van der Waals surface area (Å²) in [6.45, 7) is 2.30. The van der Waals surface area contributed by atoms with E-state index in [2.05, 4.69) is 10.3 Å². The number of imidazole rings is 1. The van der Waals surface area contributed by atoms with E-state index in [1.807, 2.05) is 34.9 Å². The first-order valence-corrected chi connectivity index (χ1v) is 9.33. The van der Waals surface area contributed by atoms with Gasteiger partial charge in [0.15, 0.2) is 0 Å². The van der Waals surface area contributed by atoms with Crippen LogP contribution in [0.3, 0.4) is 0 Å². The molecule has 0 aliphatic heterocycles. The van der Waals surface area contributed by atoms with E-state index in [9.17, 15) is 9.18 Å². The molecular formula is C21H22FN3O3. The summed E-state index contributed by atoms with van der Waals surface area (Å²) >= 11 is 0. The highest BCUT2D eigenvalue weighted by Crippen LogP contribution is 2.39. The maximum Gasteiger partial charge on any atom is 0.405 e. The molecular weight excluding hydrogens is 361 g/mol. The van der Waals surface area contributed by atoms with Crippen LogP contribution in [0.15, 0.2) is 48.5 Å². The number of nitrogens with zero attached hydrogens (tertiary/aromatic N) is 2. The lowest BCUT2D eigenvalue weighted by atomic mass is 9.88. The Morgan fingerprint density at radius 1 is 1.32 bits per heavy atom. The standard InChI is InChI=1S/C21H22FN3O3/c1-13(23-21(26)27)20-24-18-8-7-15(22)9-19(18)25(20)16-10-17(11-16)28-12-14-5-3-2-4-6-14/h2-9,13,16-17,23H,10-12H2,1H3,(H,26,27)/t13-,16?,17?/m0/s1. The number of rotatable bonds is 6. The number of hydrogen-bond donors (Lipinski definition) is 2. The third-order valence-electron chi connectivity index (χ3n) is 5.17. The molecule has 3 aromatic rings. The number of amides is 1. The molecule has 2 N–H and O–H groups in total. The van der Waals surface area contributed by atoms with E-state index in [1.54, 1.807) is 13.0 Å². The van der Waals surface area contributed by atoms with Gasteiger partial charge in [-0.3, -0.25) is 0 Å². The lowest BCUT2D eigenvalue weighted by molar-refractivity contribution is -0.0355. The molecule has 1 saturated carbocycles. The van der Waals surface area contributed by atoms with E-state index < -0.39 is 12.1 Å². The Bertz CT molecular complexity index is 983. The minimum Gasteiger partial charge on any atom is -0.465 e. The highest BCUT2D eigenvalue weighted by atomic mass is 19.1. The van der Waals surface area contributed by atoms with E-state index in [-0.39, 0.29) is 18.0 Å². The smallest absolute Gasteiger partial charge is 0.405 e. The predicted molar refractivity (Wildman–Crippen MR) is 103 cm³/mol. The van der Waals surface area contributed by atoms with Crippen LogP contribution < -0.4 is 5.32 Å². The van der Waals surface area contributed by atoms with Gasteiger partial charge in [-0.2, -0.15) is 0 Å². The number of aromatic nitrogens is 2. The summed E-state index contributed by atoms with van der Waals surface area (Å²) in [5.74, 6) is 0.254. The summed E-state index contributed by atoms with van der Waals surface area (Å²) < 4.78 is 21.8. The van der Waals surface area contributed by atoms with Crippen molar-refractivity contribution in [3.05, 3.63) is 65.7 Å². The van der Waals surface area contributed by atoms with E-state index in [4.69, 9.17) is 9.84 Å². The highest BCUT2D eigenvalue weighted by Gasteiger charge is 2.35. The Balaban J connectivity index is 1.52. The van der Waals surface area contributed by atoms with Crippen LogP contribution in [0, 0.1) is 5.82 Å². The molecule has 1 amide bonds. The Labute approximate surface area is 162 Å². The molecule has 0 radical (unpaired) electrons. The number of carboxylic acid groups (broad SMARTS) is 1. The minimum atomic E-state index is -1.12. The van der Waals surface area contributed by atoms with Crippen molar-refractivity contribution in [2.75, 3.05) is 0 Å². The van der Waals surface area contributed by atoms with Gasteiger partial charge in [-0.15, -0.1) is 0 Å². The van der Waals surface area contributed by atoms with Crippen molar-refractivity contribution in [1.82, 2.24) is 14.9 Å². The van der Waals surface area contributed by atoms with Gasteiger partial charge < -0.3 is 19.7 Å². The third kappa shape index (κ3) is 3.71. The fourth-order valence-electron chi connectivity index (χ4n) is 3.70. The van der Waals surface area contributed by atoms with Crippen LogP contribution in [0.25, 0.3) is 11.0 Å². The normalized spacial score (nSPS) is 19.9. The summed E-state index contributed by atoms with van der Waals surface area (Å²) in [6.07, 6.45) is 0.560. The van der Waals surface area contributed by atoms with Crippen LogP contribution in [-0.2, 0) is 11.3 Å². The number of hydrogen-bond acceptors (Lipinski definition) is 3. The number of carbonyl (C=O) groups is 1. The predicted octanol–water partition coefficient (Wildman–Crippen LogP) is 4.42. The zero-order chi connectivity index (χ0) is 19.7. The average Bonchev–Trinajstić information content (AvgIpc) is 2.99. The van der Waals surface area contributed by atoms with E-state index in [1.165, 1.54) is 12.1 Å². The summed E-state index contributed by atoms with van der Waals surface area (Å²) in [4.78, 5) is 15.6. The molecule has 1 heterocycles. The second kappa shape index (κ2) is 7.59. The van der Waals surface area contributed by atoms with Gasteiger partial charge in [0.1, 0.15) is 11.6 Å². The molecule has 28 heavy (non-hydrogen) atoms. The molecule has 1 aromatic heterocycles. The molecule has 0 bridgehead atoms. The van der Waals surface area contributed by atoms with Crippen LogP contribution >= 0.6 is 0 Å². The number of benzene rings is 2. The van der Waals surface area contributed by atoms with Crippen molar-refractivity contribution in [1.29, 1.82) is 0 Å². The summed E-state index contributed by atoms with van der Waals surface area (Å²) in [6, 6.07) is 14.0. The van der Waals surface area contributed by atoms with Crippen LogP contribution in [0.5, 0.6) is 0 Å². The van der Waals surface area contributed by atoms with Crippen LogP contribution in [0.4, 0.5) is 9.18 Å². The second-order valence-corrected chi connectivity index (χ2v) is 7.19. The van der Waals surface area contributed by atoms with E-state index in [0.717, 1.165) is 18.4 Å². The quantitative estimate of drug-likeness (QED) is 0.660. The number of halogens is 1. The lowest BCUT2D eigenvalue weighted by Gasteiger charge is -2.37. The van der Waals surface area contributed by atoms with Gasteiger partial charge in [0.2, 0.25) is 0 Å². The molecule has 0 unspecified atom stereocenters. The average molecular weight is 383 g/mol. The largest absolute Gasteiger partial charge is 0.465 e. The monoisotopic (exact) mass is 383 g/mol. The minimum absolute atomic E-state index is 0.0978. The topological polar surface area (TPSA) is 76.4 Å². The van der Waals surface area contributed by atoms with Gasteiger partial charge in [0.25, 0.3) is 0 Å². The van der Waals surface area contributed by atoms with Gasteiger partial charge in [-0.25, -0.2) is 14.2 Å². The second-order valence-electron chi connectivity index (χ2n) is 7.19. The van der Waals surface area contributed by atoms with Gasteiger partial charge in [0, 0.05) is 6.04 Å². The number of nitrogens with one attached hydrogen (secondary N) is 1. The van der Waals surface area contributed by atoms with Crippen molar-refractivity contribution in [2.24, 2.45) is 0 Å². The summed E-state index contributed by atoms with van der Waals surface area (Å²) in [5.41, 5.74) is 2.46. The van der Waals surface area contributed by atoms with E-state index >= 15 is 0 Å². The molecule has 146 valence electrons. The van der Waals surface area contributed by atoms with Crippen molar-refractivity contribution in [3.8, 4) is 0 Å². The van der Waals surface area contributed by atoms with Crippen molar-refractivity contribution in [3.63, 3.8) is 0 Å². The van der Waals surface area contributed by atoms with Crippen molar-refractivity contribution >= 4 is 17.1 Å². The van der Waals surface area contributed by atoms with Gasteiger partial charge in [-0.1, -0.05) is 30.3 Å². The lowest BCUT2D eigenvalue weighted by Crippen LogP contribution is -2.36. The SMILES string of the molecule is C[C@H](NC(=O)O)c1nc2ccc(F)cc2n1C1CC(OCc2ccccc2)C1. The molecule has 1 fully saturated rings. The molecule has 4 rings (SSSR count). The number of ether oxygens (including phenoxy) is 1. The first-order valence-electron chi connectivity index (χ1n) is 9.33. The molecule has 1 atom stereocenters. The van der Waals surface area contributed by atoms with Gasteiger partial charge in [0.05, 0.1) is 29.8 Å². The molecule has 1 aliphatic rings. The van der Waals surface area contributed by atoms with Crippen molar-refractivity contribution < 1.29 is 19.0 Å². The fraction of sp³-hybridized carbons (Fsp3) is 0.333. The van der Waals surface area contributed by atoms with Crippen LogP contribution in [-0.4, -0.2) is 26.9 Å². The maximum absolute atomic E-state index is 13.8. The fourth-order valence-corrected chi connectivity index (χ4v) is 3.70. The Morgan fingerprint density at radius 3 is 2.79 bits per heavy atom. The first kappa shape index (κ1) is 18.4. The molecule has 2 aromatic carbocycles. The molecule has 0 spiro atoms. The van der Waals surface area contributed by atoms with Gasteiger partial charge in [-0.05, 0) is 43.5 Å². The van der Waals surface area contributed by atoms with Crippen LogP contribution in [0.2, 0.25) is 0 Å². The summed E-state index contributed by atoms with van der Waals surface area (Å²) in [7, 11) is 0. The van der Waals surface area contributed by atoms with Gasteiger partial charge >= 0.3 is 6.09 Å². The zero-order valence-electron chi connectivity index (χ0n) is 15.5. The summed E-state index contributed by atoms with van der Waals surface area (Å²) in [5, 5.41) is 11.5. The maximum atomic E-state index is 13.8. The zero-order valence-corrected chi connectivity index (χ0v) is 15.5. The molecule has 1 aliphatic carbocycles.